The Morgan fingerprint density at radius 2 is 1.69 bits per heavy atom. The number of amides is 2. The van der Waals surface area contributed by atoms with Crippen LogP contribution in [0.2, 0.25) is 0 Å². The van der Waals surface area contributed by atoms with Gasteiger partial charge in [0.25, 0.3) is 11.8 Å². The lowest BCUT2D eigenvalue weighted by Gasteiger charge is -2.34. The second-order valence-corrected chi connectivity index (χ2v) is 8.91. The first-order valence-electron chi connectivity index (χ1n) is 11.1. The Hall–Kier alpha value is -4.10. The molecule has 2 amide bonds. The Morgan fingerprint density at radius 1 is 0.943 bits per heavy atom. The summed E-state index contributed by atoms with van der Waals surface area (Å²) < 4.78 is 15.7. The van der Waals surface area contributed by atoms with Crippen LogP contribution in [0.5, 0.6) is 0 Å². The van der Waals surface area contributed by atoms with Crippen molar-refractivity contribution in [2.45, 2.75) is 13.5 Å². The molecule has 1 aromatic heterocycles. The smallest absolute Gasteiger partial charge is 0.270 e. The number of rotatable bonds is 4. The average molecular weight is 484 g/mol. The van der Waals surface area contributed by atoms with Crippen molar-refractivity contribution >= 4 is 51.8 Å². The second-order valence-electron chi connectivity index (χ2n) is 8.54. The molecule has 4 aromatic rings. The van der Waals surface area contributed by atoms with Gasteiger partial charge in [0.15, 0.2) is 5.11 Å². The first-order valence-corrected chi connectivity index (χ1v) is 11.5. The van der Waals surface area contributed by atoms with E-state index < -0.39 is 11.8 Å². The number of hydrogen-bond acceptors (Lipinski definition) is 3. The van der Waals surface area contributed by atoms with E-state index in [2.05, 4.69) is 0 Å². The summed E-state index contributed by atoms with van der Waals surface area (Å²) in [6, 6.07) is 21.6. The van der Waals surface area contributed by atoms with Crippen molar-refractivity contribution in [1.82, 2.24) is 9.47 Å². The number of nitrogens with zero attached hydrogens (tertiary/aromatic N) is 3. The maximum absolute atomic E-state index is 13.7. The monoisotopic (exact) mass is 483 g/mol. The van der Waals surface area contributed by atoms with Crippen LogP contribution in [0.4, 0.5) is 10.1 Å². The topological polar surface area (TPSA) is 45.6 Å². The van der Waals surface area contributed by atoms with Gasteiger partial charge >= 0.3 is 0 Å². The summed E-state index contributed by atoms with van der Waals surface area (Å²) >= 11 is 5.45. The van der Waals surface area contributed by atoms with Crippen LogP contribution in [0.15, 0.2) is 84.6 Å². The number of fused-ring (bicyclic) bond motifs is 1. The first-order chi connectivity index (χ1) is 16.8. The standard InChI is InChI=1S/C28H22FN3O2S/c1-18-10-12-22(13-11-18)32-27(34)24(26(33)30(2)28(32)35)15-20-17-31(25-9-4-3-8-23(20)25)16-19-6-5-7-21(29)14-19/h3-15,17H,16H2,1-2H3. The summed E-state index contributed by atoms with van der Waals surface area (Å²) in [5.74, 6) is -1.22. The van der Waals surface area contributed by atoms with Gasteiger partial charge in [-0.05, 0) is 61.1 Å². The van der Waals surface area contributed by atoms with Crippen molar-refractivity contribution < 1.29 is 14.0 Å². The number of carbonyl (C=O) groups excluding carboxylic acids is 2. The number of halogens is 1. The van der Waals surface area contributed by atoms with E-state index in [4.69, 9.17) is 12.2 Å². The molecule has 0 saturated carbocycles. The number of hydrogen-bond donors (Lipinski definition) is 0. The van der Waals surface area contributed by atoms with Gasteiger partial charge in [-0.1, -0.05) is 48.0 Å². The van der Waals surface area contributed by atoms with Crippen LogP contribution in [0, 0.1) is 12.7 Å². The molecule has 0 N–H and O–H groups in total. The third-order valence-electron chi connectivity index (χ3n) is 6.10. The number of carbonyl (C=O) groups is 2. The molecular weight excluding hydrogens is 461 g/mol. The number of anilines is 1. The quantitative estimate of drug-likeness (QED) is 0.225. The zero-order valence-electron chi connectivity index (χ0n) is 19.2. The highest BCUT2D eigenvalue weighted by molar-refractivity contribution is 7.80. The molecular formula is C28H22FN3O2S. The predicted molar refractivity (Wildman–Crippen MR) is 139 cm³/mol. The highest BCUT2D eigenvalue weighted by atomic mass is 32.1. The molecule has 35 heavy (non-hydrogen) atoms. The van der Waals surface area contributed by atoms with Gasteiger partial charge in [0.1, 0.15) is 11.4 Å². The lowest BCUT2D eigenvalue weighted by Crippen LogP contribution is -2.54. The van der Waals surface area contributed by atoms with Crippen molar-refractivity contribution in [2.75, 3.05) is 11.9 Å². The van der Waals surface area contributed by atoms with Gasteiger partial charge in [0, 0.05) is 36.3 Å². The van der Waals surface area contributed by atoms with Gasteiger partial charge < -0.3 is 4.57 Å². The zero-order chi connectivity index (χ0) is 24.7. The Morgan fingerprint density at radius 3 is 2.43 bits per heavy atom. The van der Waals surface area contributed by atoms with E-state index in [1.54, 1.807) is 19.2 Å². The molecule has 0 bridgehead atoms. The van der Waals surface area contributed by atoms with Crippen molar-refractivity contribution in [2.24, 2.45) is 0 Å². The fourth-order valence-electron chi connectivity index (χ4n) is 4.27. The van der Waals surface area contributed by atoms with Crippen LogP contribution in [-0.4, -0.2) is 33.4 Å². The number of thiocarbonyl (C=S) groups is 1. The van der Waals surface area contributed by atoms with Gasteiger partial charge in [0.2, 0.25) is 0 Å². The Kier molecular flexibility index (Phi) is 5.78. The van der Waals surface area contributed by atoms with E-state index in [1.165, 1.54) is 21.9 Å². The molecule has 0 unspecified atom stereocenters. The maximum atomic E-state index is 13.7. The minimum absolute atomic E-state index is 0.0235. The van der Waals surface area contributed by atoms with Gasteiger partial charge in [-0.2, -0.15) is 0 Å². The van der Waals surface area contributed by atoms with Crippen molar-refractivity contribution in [1.29, 1.82) is 0 Å². The number of benzene rings is 3. The third-order valence-corrected chi connectivity index (χ3v) is 6.56. The Bertz CT molecular complexity index is 1520. The highest BCUT2D eigenvalue weighted by Crippen LogP contribution is 2.29. The number of likely N-dealkylation sites (N-methyl/N-ethyl adjacent to an activating group) is 1. The van der Waals surface area contributed by atoms with E-state index in [9.17, 15) is 14.0 Å². The maximum Gasteiger partial charge on any atom is 0.270 e. The van der Waals surface area contributed by atoms with Crippen LogP contribution in [0.25, 0.3) is 17.0 Å². The van der Waals surface area contributed by atoms with Crippen molar-refractivity contribution in [3.8, 4) is 0 Å². The lowest BCUT2D eigenvalue weighted by atomic mass is 10.1. The van der Waals surface area contributed by atoms with Crippen molar-refractivity contribution in [3.63, 3.8) is 0 Å². The molecule has 7 heteroatoms. The lowest BCUT2D eigenvalue weighted by molar-refractivity contribution is -0.127. The summed E-state index contributed by atoms with van der Waals surface area (Å²) in [4.78, 5) is 29.4. The van der Waals surface area contributed by atoms with Gasteiger partial charge in [-0.15, -0.1) is 0 Å². The molecule has 0 radical (unpaired) electrons. The SMILES string of the molecule is Cc1ccc(N2C(=O)C(=Cc3cn(Cc4cccc(F)c4)c4ccccc34)C(=O)N(C)C2=S)cc1. The summed E-state index contributed by atoms with van der Waals surface area (Å²) in [6.45, 7) is 2.41. The molecule has 3 aromatic carbocycles. The van der Waals surface area contributed by atoms with Crippen LogP contribution >= 0.6 is 12.2 Å². The normalized spacial score (nSPS) is 15.5. The predicted octanol–water partition coefficient (Wildman–Crippen LogP) is 5.31. The van der Waals surface area contributed by atoms with Gasteiger partial charge in [0.05, 0.1) is 5.69 Å². The van der Waals surface area contributed by atoms with Gasteiger partial charge in [-0.3, -0.25) is 19.4 Å². The summed E-state index contributed by atoms with van der Waals surface area (Å²) in [7, 11) is 1.57. The highest BCUT2D eigenvalue weighted by Gasteiger charge is 2.38. The second kappa shape index (κ2) is 8.92. The van der Waals surface area contributed by atoms with Crippen LogP contribution in [0.1, 0.15) is 16.7 Å². The molecule has 0 atom stereocenters. The average Bonchev–Trinajstić information content (AvgIpc) is 3.19. The molecule has 5 rings (SSSR count). The van der Waals surface area contributed by atoms with E-state index in [1.807, 2.05) is 72.3 Å². The zero-order valence-corrected chi connectivity index (χ0v) is 20.1. The number of aromatic nitrogens is 1. The minimum Gasteiger partial charge on any atom is -0.342 e. The Balaban J connectivity index is 1.59. The van der Waals surface area contributed by atoms with Gasteiger partial charge in [-0.25, -0.2) is 4.39 Å². The minimum atomic E-state index is -0.469. The van der Waals surface area contributed by atoms with E-state index in [0.717, 1.165) is 27.6 Å². The number of para-hydroxylation sites is 1. The molecule has 1 aliphatic rings. The molecule has 0 aliphatic carbocycles. The van der Waals surface area contributed by atoms with E-state index in [-0.39, 0.29) is 16.5 Å². The fourth-order valence-corrected chi connectivity index (χ4v) is 4.54. The Labute approximate surface area is 207 Å². The fraction of sp³-hybridized carbons (Fsp3) is 0.107. The summed E-state index contributed by atoms with van der Waals surface area (Å²) in [5, 5.41) is 1.02. The molecule has 1 aliphatic heterocycles. The summed E-state index contributed by atoms with van der Waals surface area (Å²) in [5.41, 5.74) is 4.12. The van der Waals surface area contributed by atoms with Crippen LogP contribution in [-0.2, 0) is 16.1 Å². The largest absolute Gasteiger partial charge is 0.342 e. The molecule has 1 fully saturated rings. The summed E-state index contributed by atoms with van der Waals surface area (Å²) in [6.07, 6.45) is 3.50. The first kappa shape index (κ1) is 22.7. The third kappa shape index (κ3) is 4.15. The number of aryl methyl sites for hydroxylation is 1. The van der Waals surface area contributed by atoms with Crippen LogP contribution in [0.3, 0.4) is 0 Å². The van der Waals surface area contributed by atoms with Crippen molar-refractivity contribution in [3.05, 3.63) is 107 Å². The molecule has 5 nitrogen and oxygen atoms in total. The van der Waals surface area contributed by atoms with E-state index in [0.29, 0.717) is 12.2 Å². The molecule has 2 heterocycles. The molecule has 174 valence electrons. The molecule has 0 spiro atoms. The van der Waals surface area contributed by atoms with Crippen LogP contribution < -0.4 is 4.90 Å². The van der Waals surface area contributed by atoms with E-state index >= 15 is 0 Å². The molecule has 1 saturated heterocycles.